The first-order valence-electron chi connectivity index (χ1n) is 5.75. The van der Waals surface area contributed by atoms with Crippen LogP contribution in [0.3, 0.4) is 0 Å². The van der Waals surface area contributed by atoms with E-state index in [0.717, 1.165) is 13.0 Å². The number of rotatable bonds is 1. The van der Waals surface area contributed by atoms with E-state index in [1.165, 1.54) is 13.0 Å². The van der Waals surface area contributed by atoms with E-state index in [4.69, 9.17) is 7.85 Å². The molecule has 1 saturated heterocycles. The van der Waals surface area contributed by atoms with Crippen molar-refractivity contribution in [2.24, 2.45) is 5.41 Å². The average molecular weight is 193 g/mol. The van der Waals surface area contributed by atoms with Crippen molar-refractivity contribution >= 4 is 7.85 Å². The lowest BCUT2D eigenvalue weighted by Gasteiger charge is -2.34. The van der Waals surface area contributed by atoms with E-state index in [0.29, 0.717) is 11.5 Å². The monoisotopic (exact) mass is 193 g/mol. The Hall–Kier alpha value is 0.0249. The van der Waals surface area contributed by atoms with Gasteiger partial charge in [-0.05, 0) is 32.2 Å². The summed E-state index contributed by atoms with van der Waals surface area (Å²) in [5.74, 6) is 0. The van der Waals surface area contributed by atoms with Crippen molar-refractivity contribution in [2.75, 3.05) is 13.1 Å². The lowest BCUT2D eigenvalue weighted by atomic mass is 9.66. The van der Waals surface area contributed by atoms with E-state index in [1.807, 2.05) is 0 Å². The fourth-order valence-electron chi connectivity index (χ4n) is 2.22. The van der Waals surface area contributed by atoms with Crippen molar-refractivity contribution in [1.82, 2.24) is 4.90 Å². The molecule has 0 spiro atoms. The van der Waals surface area contributed by atoms with Crippen molar-refractivity contribution in [3.8, 4) is 0 Å². The standard InChI is InChI=1S/C12H24BN/c1-10(2)14-8-11(3,4)6-7-12(5,13)9-14/h10H,6-9H2,1-5H3. The molecule has 1 rings (SSSR count). The van der Waals surface area contributed by atoms with Crippen LogP contribution in [0.2, 0.25) is 5.31 Å². The first-order valence-corrected chi connectivity index (χ1v) is 5.75. The summed E-state index contributed by atoms with van der Waals surface area (Å²) in [6, 6.07) is 0.607. The van der Waals surface area contributed by atoms with Gasteiger partial charge in [0.2, 0.25) is 0 Å². The molecule has 1 fully saturated rings. The van der Waals surface area contributed by atoms with Gasteiger partial charge in [0, 0.05) is 12.6 Å². The number of hydrogen-bond acceptors (Lipinski definition) is 1. The highest BCUT2D eigenvalue weighted by Crippen LogP contribution is 2.39. The topological polar surface area (TPSA) is 3.24 Å². The Morgan fingerprint density at radius 2 is 1.64 bits per heavy atom. The van der Waals surface area contributed by atoms with Crippen LogP contribution in [0.4, 0.5) is 0 Å². The van der Waals surface area contributed by atoms with Gasteiger partial charge in [-0.2, -0.15) is 0 Å². The van der Waals surface area contributed by atoms with Gasteiger partial charge in [0.25, 0.3) is 0 Å². The normalized spacial score (nSPS) is 34.4. The molecule has 2 heteroatoms. The van der Waals surface area contributed by atoms with E-state index in [-0.39, 0.29) is 5.31 Å². The molecule has 14 heavy (non-hydrogen) atoms. The van der Waals surface area contributed by atoms with Crippen LogP contribution in [-0.4, -0.2) is 31.9 Å². The fraction of sp³-hybridized carbons (Fsp3) is 1.00. The Balaban J connectivity index is 2.76. The van der Waals surface area contributed by atoms with E-state index in [2.05, 4.69) is 39.5 Å². The van der Waals surface area contributed by atoms with Crippen molar-refractivity contribution in [2.45, 2.75) is 58.8 Å². The second kappa shape index (κ2) is 3.88. The fourth-order valence-corrected chi connectivity index (χ4v) is 2.22. The van der Waals surface area contributed by atoms with Crippen molar-refractivity contribution in [3.05, 3.63) is 0 Å². The minimum absolute atomic E-state index is 0.00194. The van der Waals surface area contributed by atoms with Crippen LogP contribution in [0.5, 0.6) is 0 Å². The van der Waals surface area contributed by atoms with Gasteiger partial charge in [0.05, 0.1) is 7.85 Å². The summed E-state index contributed by atoms with van der Waals surface area (Å²) in [6.07, 6.45) is 2.38. The molecule has 80 valence electrons. The predicted molar refractivity (Wildman–Crippen MR) is 63.8 cm³/mol. The molecule has 0 aliphatic carbocycles. The van der Waals surface area contributed by atoms with Gasteiger partial charge < -0.3 is 4.90 Å². The second-order valence-corrected chi connectivity index (χ2v) is 6.32. The van der Waals surface area contributed by atoms with Gasteiger partial charge in [-0.1, -0.05) is 32.5 Å². The molecule has 2 radical (unpaired) electrons. The summed E-state index contributed by atoms with van der Waals surface area (Å²) >= 11 is 0. The number of likely N-dealkylation sites (tertiary alicyclic amines) is 1. The zero-order chi connectivity index (χ0) is 11.0. The molecule has 1 unspecified atom stereocenters. The van der Waals surface area contributed by atoms with Gasteiger partial charge in [0.1, 0.15) is 0 Å². The molecule has 0 aromatic carbocycles. The Bertz CT molecular complexity index is 178. The quantitative estimate of drug-likeness (QED) is 0.579. The van der Waals surface area contributed by atoms with Crippen LogP contribution < -0.4 is 0 Å². The number of nitrogens with zero attached hydrogens (tertiary/aromatic N) is 1. The minimum Gasteiger partial charge on any atom is -0.301 e. The van der Waals surface area contributed by atoms with E-state index >= 15 is 0 Å². The smallest absolute Gasteiger partial charge is 0.0759 e. The van der Waals surface area contributed by atoms with Crippen molar-refractivity contribution in [1.29, 1.82) is 0 Å². The van der Waals surface area contributed by atoms with Crippen LogP contribution in [0.15, 0.2) is 0 Å². The highest BCUT2D eigenvalue weighted by molar-refractivity contribution is 6.15. The summed E-state index contributed by atoms with van der Waals surface area (Å²) in [5.41, 5.74) is 0.418. The zero-order valence-electron chi connectivity index (χ0n) is 10.4. The molecule has 0 aromatic heterocycles. The molecular weight excluding hydrogens is 169 g/mol. The molecule has 1 nitrogen and oxygen atoms in total. The molecule has 0 bridgehead atoms. The van der Waals surface area contributed by atoms with Gasteiger partial charge in [-0.15, -0.1) is 0 Å². The first-order chi connectivity index (χ1) is 6.22. The Kier molecular flexibility index (Phi) is 3.35. The molecule has 0 saturated carbocycles. The third-order valence-corrected chi connectivity index (χ3v) is 3.30. The number of hydrogen-bond donors (Lipinski definition) is 0. The summed E-state index contributed by atoms with van der Waals surface area (Å²) in [5, 5.41) is -0.00194. The lowest BCUT2D eigenvalue weighted by molar-refractivity contribution is 0.155. The van der Waals surface area contributed by atoms with Crippen LogP contribution >= 0.6 is 0 Å². The van der Waals surface area contributed by atoms with Crippen LogP contribution in [0, 0.1) is 5.41 Å². The summed E-state index contributed by atoms with van der Waals surface area (Å²) in [7, 11) is 6.29. The SMILES string of the molecule is [B]C1(C)CCC(C)(C)CN(C(C)C)C1. The van der Waals surface area contributed by atoms with Gasteiger partial charge in [0.15, 0.2) is 0 Å². The molecule has 0 aromatic rings. The largest absolute Gasteiger partial charge is 0.301 e. The molecule has 1 atom stereocenters. The third kappa shape index (κ3) is 3.31. The molecule has 1 aliphatic rings. The van der Waals surface area contributed by atoms with Crippen molar-refractivity contribution < 1.29 is 0 Å². The summed E-state index contributed by atoms with van der Waals surface area (Å²) in [4.78, 5) is 2.52. The van der Waals surface area contributed by atoms with Gasteiger partial charge >= 0.3 is 0 Å². The zero-order valence-corrected chi connectivity index (χ0v) is 10.4. The maximum absolute atomic E-state index is 6.29. The Morgan fingerprint density at radius 1 is 1.07 bits per heavy atom. The lowest BCUT2D eigenvalue weighted by Crippen LogP contribution is -2.39. The highest BCUT2D eigenvalue weighted by atomic mass is 15.2. The second-order valence-electron chi connectivity index (χ2n) is 6.32. The van der Waals surface area contributed by atoms with Crippen molar-refractivity contribution in [3.63, 3.8) is 0 Å². The molecular formula is C12H24BN. The first kappa shape index (κ1) is 12.1. The molecule has 0 N–H and O–H groups in total. The maximum Gasteiger partial charge on any atom is 0.0759 e. The predicted octanol–water partition coefficient (Wildman–Crippen LogP) is 2.86. The van der Waals surface area contributed by atoms with Crippen LogP contribution in [0.1, 0.15) is 47.5 Å². The Labute approximate surface area is 90.7 Å². The van der Waals surface area contributed by atoms with Crippen LogP contribution in [0.25, 0.3) is 0 Å². The molecule has 1 aliphatic heterocycles. The third-order valence-electron chi connectivity index (χ3n) is 3.30. The average Bonchev–Trinajstić information content (AvgIpc) is 2.08. The van der Waals surface area contributed by atoms with Crippen LogP contribution in [-0.2, 0) is 0 Å². The minimum atomic E-state index is -0.00194. The van der Waals surface area contributed by atoms with E-state index in [9.17, 15) is 0 Å². The Morgan fingerprint density at radius 3 is 2.14 bits per heavy atom. The van der Waals surface area contributed by atoms with E-state index < -0.39 is 0 Å². The summed E-state index contributed by atoms with van der Waals surface area (Å²) < 4.78 is 0. The van der Waals surface area contributed by atoms with E-state index in [1.54, 1.807) is 0 Å². The summed E-state index contributed by atoms with van der Waals surface area (Å²) in [6.45, 7) is 13.6. The molecule has 1 heterocycles. The highest BCUT2D eigenvalue weighted by Gasteiger charge is 2.33. The van der Waals surface area contributed by atoms with Gasteiger partial charge in [-0.25, -0.2) is 0 Å². The molecule has 0 amide bonds. The van der Waals surface area contributed by atoms with Gasteiger partial charge in [-0.3, -0.25) is 0 Å². The maximum atomic E-state index is 6.29.